The largest absolute Gasteiger partial charge is 0.350 e. The Morgan fingerprint density at radius 3 is 2.76 bits per heavy atom. The predicted molar refractivity (Wildman–Crippen MR) is 83.3 cm³/mol. The van der Waals surface area contributed by atoms with Crippen molar-refractivity contribution in [3.05, 3.63) is 29.8 Å². The average Bonchev–Trinajstić information content (AvgIpc) is 2.91. The van der Waals surface area contributed by atoms with E-state index in [0.717, 1.165) is 19.4 Å². The zero-order valence-electron chi connectivity index (χ0n) is 12.6. The lowest BCUT2D eigenvalue weighted by molar-refractivity contribution is -0.116. The van der Waals surface area contributed by atoms with Gasteiger partial charge in [0.15, 0.2) is 0 Å². The van der Waals surface area contributed by atoms with Crippen LogP contribution in [0.5, 0.6) is 0 Å². The highest BCUT2D eigenvalue weighted by Gasteiger charge is 2.19. The highest BCUT2D eigenvalue weighted by atomic mass is 16.2. The number of para-hydroxylation sites is 1. The number of rotatable bonds is 5. The lowest BCUT2D eigenvalue weighted by Gasteiger charge is -2.14. The third kappa shape index (κ3) is 4.56. The molecule has 1 saturated heterocycles. The maximum Gasteiger partial charge on any atom is 0.253 e. The molecule has 0 spiro atoms. The first-order valence-electron chi connectivity index (χ1n) is 7.49. The molecule has 114 valence electrons. The van der Waals surface area contributed by atoms with Gasteiger partial charge in [-0.1, -0.05) is 12.1 Å². The molecule has 1 aromatic rings. The molecule has 2 amide bonds. The van der Waals surface area contributed by atoms with Crippen LogP contribution in [0.15, 0.2) is 24.3 Å². The first kappa shape index (κ1) is 15.5. The van der Waals surface area contributed by atoms with E-state index < -0.39 is 0 Å². The Balaban J connectivity index is 2.01. The third-order valence-corrected chi connectivity index (χ3v) is 3.46. The molecule has 0 saturated carbocycles. The molecule has 1 unspecified atom stereocenters. The van der Waals surface area contributed by atoms with E-state index in [1.807, 2.05) is 19.9 Å². The topological polar surface area (TPSA) is 70.2 Å². The zero-order chi connectivity index (χ0) is 15.2. The van der Waals surface area contributed by atoms with E-state index >= 15 is 0 Å². The van der Waals surface area contributed by atoms with Gasteiger partial charge in [-0.3, -0.25) is 9.59 Å². The number of nitrogens with one attached hydrogen (secondary N) is 3. The second-order valence-corrected chi connectivity index (χ2v) is 5.72. The number of hydrogen-bond donors (Lipinski definition) is 3. The van der Waals surface area contributed by atoms with Crippen LogP contribution in [-0.4, -0.2) is 30.4 Å². The minimum absolute atomic E-state index is 0.0563. The third-order valence-electron chi connectivity index (χ3n) is 3.46. The molecule has 0 radical (unpaired) electrons. The van der Waals surface area contributed by atoms with Crippen molar-refractivity contribution in [2.24, 2.45) is 0 Å². The first-order chi connectivity index (χ1) is 10.1. The quantitative estimate of drug-likeness (QED) is 0.775. The van der Waals surface area contributed by atoms with Crippen molar-refractivity contribution in [3.8, 4) is 0 Å². The number of carbonyl (C=O) groups is 2. The van der Waals surface area contributed by atoms with E-state index in [1.165, 1.54) is 0 Å². The summed E-state index contributed by atoms with van der Waals surface area (Å²) in [6.07, 6.45) is 2.59. The summed E-state index contributed by atoms with van der Waals surface area (Å²) in [7, 11) is 0. The molecule has 0 aromatic heterocycles. The van der Waals surface area contributed by atoms with Gasteiger partial charge in [0.1, 0.15) is 0 Å². The molecule has 1 fully saturated rings. The Hall–Kier alpha value is -1.88. The van der Waals surface area contributed by atoms with Gasteiger partial charge in [-0.15, -0.1) is 0 Å². The summed E-state index contributed by atoms with van der Waals surface area (Å²) in [6.45, 7) is 4.79. The van der Waals surface area contributed by atoms with Crippen molar-refractivity contribution >= 4 is 17.5 Å². The minimum Gasteiger partial charge on any atom is -0.350 e. The SMILES string of the molecule is CC(C)NC(=O)c1ccccc1NC(=O)CC1CCCN1. The summed E-state index contributed by atoms with van der Waals surface area (Å²) in [5, 5.41) is 8.99. The van der Waals surface area contributed by atoms with Crippen molar-refractivity contribution in [2.75, 3.05) is 11.9 Å². The summed E-state index contributed by atoms with van der Waals surface area (Å²) >= 11 is 0. The molecule has 1 aliphatic heterocycles. The van der Waals surface area contributed by atoms with Crippen LogP contribution in [0.2, 0.25) is 0 Å². The zero-order valence-corrected chi connectivity index (χ0v) is 12.6. The average molecular weight is 289 g/mol. The van der Waals surface area contributed by atoms with Crippen LogP contribution in [0.4, 0.5) is 5.69 Å². The fraction of sp³-hybridized carbons (Fsp3) is 0.500. The minimum atomic E-state index is -0.167. The highest BCUT2D eigenvalue weighted by molar-refractivity contribution is 6.03. The molecule has 2 rings (SSSR count). The van der Waals surface area contributed by atoms with Gasteiger partial charge in [-0.2, -0.15) is 0 Å². The van der Waals surface area contributed by atoms with E-state index in [0.29, 0.717) is 17.7 Å². The van der Waals surface area contributed by atoms with E-state index in [2.05, 4.69) is 16.0 Å². The van der Waals surface area contributed by atoms with Crippen molar-refractivity contribution in [3.63, 3.8) is 0 Å². The highest BCUT2D eigenvalue weighted by Crippen LogP contribution is 2.17. The molecule has 0 aliphatic carbocycles. The molecule has 1 atom stereocenters. The molecule has 0 bridgehead atoms. The van der Waals surface area contributed by atoms with Gasteiger partial charge in [0, 0.05) is 18.5 Å². The number of anilines is 1. The normalized spacial score (nSPS) is 17.8. The van der Waals surface area contributed by atoms with Gasteiger partial charge in [0.25, 0.3) is 5.91 Å². The smallest absolute Gasteiger partial charge is 0.253 e. The van der Waals surface area contributed by atoms with Crippen LogP contribution in [0.3, 0.4) is 0 Å². The molecule has 1 aliphatic rings. The Labute approximate surface area is 125 Å². The number of hydrogen-bond acceptors (Lipinski definition) is 3. The van der Waals surface area contributed by atoms with Crippen molar-refractivity contribution in [2.45, 2.75) is 45.2 Å². The second kappa shape index (κ2) is 7.22. The van der Waals surface area contributed by atoms with Crippen LogP contribution >= 0.6 is 0 Å². The molecule has 3 N–H and O–H groups in total. The summed E-state index contributed by atoms with van der Waals surface area (Å²) in [4.78, 5) is 24.2. The molecule has 5 nitrogen and oxygen atoms in total. The second-order valence-electron chi connectivity index (χ2n) is 5.72. The van der Waals surface area contributed by atoms with Crippen LogP contribution < -0.4 is 16.0 Å². The van der Waals surface area contributed by atoms with Gasteiger partial charge >= 0.3 is 0 Å². The standard InChI is InChI=1S/C16H23N3O2/c1-11(2)18-16(21)13-7-3-4-8-14(13)19-15(20)10-12-6-5-9-17-12/h3-4,7-8,11-12,17H,5-6,9-10H2,1-2H3,(H,18,21)(H,19,20). The van der Waals surface area contributed by atoms with Gasteiger partial charge in [-0.05, 0) is 45.4 Å². The lowest BCUT2D eigenvalue weighted by atomic mass is 10.1. The first-order valence-corrected chi connectivity index (χ1v) is 7.49. The van der Waals surface area contributed by atoms with Crippen LogP contribution in [0, 0.1) is 0 Å². The van der Waals surface area contributed by atoms with Crippen molar-refractivity contribution in [1.82, 2.24) is 10.6 Å². The number of benzene rings is 1. The Kier molecular flexibility index (Phi) is 5.33. The van der Waals surface area contributed by atoms with Crippen LogP contribution in [-0.2, 0) is 4.79 Å². The van der Waals surface area contributed by atoms with Gasteiger partial charge < -0.3 is 16.0 Å². The van der Waals surface area contributed by atoms with Crippen LogP contribution in [0.1, 0.15) is 43.5 Å². The Morgan fingerprint density at radius 1 is 1.33 bits per heavy atom. The molecule has 5 heteroatoms. The van der Waals surface area contributed by atoms with Gasteiger partial charge in [-0.25, -0.2) is 0 Å². The van der Waals surface area contributed by atoms with Crippen molar-refractivity contribution in [1.29, 1.82) is 0 Å². The predicted octanol–water partition coefficient (Wildman–Crippen LogP) is 1.91. The summed E-state index contributed by atoms with van der Waals surface area (Å²) in [5.41, 5.74) is 1.07. The van der Waals surface area contributed by atoms with Crippen molar-refractivity contribution < 1.29 is 9.59 Å². The molecule has 1 heterocycles. The Bertz CT molecular complexity index is 508. The fourth-order valence-corrected chi connectivity index (χ4v) is 2.49. The Morgan fingerprint density at radius 2 is 2.10 bits per heavy atom. The summed E-state index contributed by atoms with van der Waals surface area (Å²) in [6, 6.07) is 7.40. The van der Waals surface area contributed by atoms with Gasteiger partial charge in [0.05, 0.1) is 11.3 Å². The summed E-state index contributed by atoms with van der Waals surface area (Å²) < 4.78 is 0. The molecular weight excluding hydrogens is 266 g/mol. The number of amides is 2. The molecule has 21 heavy (non-hydrogen) atoms. The summed E-state index contributed by atoms with van der Waals surface area (Å²) in [5.74, 6) is -0.223. The van der Waals surface area contributed by atoms with E-state index in [4.69, 9.17) is 0 Å². The van der Waals surface area contributed by atoms with Crippen LogP contribution in [0.25, 0.3) is 0 Å². The van der Waals surface area contributed by atoms with E-state index in [-0.39, 0.29) is 23.9 Å². The fourth-order valence-electron chi connectivity index (χ4n) is 2.49. The van der Waals surface area contributed by atoms with E-state index in [1.54, 1.807) is 18.2 Å². The monoisotopic (exact) mass is 289 g/mol. The van der Waals surface area contributed by atoms with Gasteiger partial charge in [0.2, 0.25) is 5.91 Å². The maximum absolute atomic E-state index is 12.1. The molecular formula is C16H23N3O2. The number of carbonyl (C=O) groups excluding carboxylic acids is 2. The lowest BCUT2D eigenvalue weighted by Crippen LogP contribution is -2.31. The van der Waals surface area contributed by atoms with E-state index in [9.17, 15) is 9.59 Å². The molecule has 1 aromatic carbocycles. The maximum atomic E-state index is 12.1.